The van der Waals surface area contributed by atoms with Gasteiger partial charge in [-0.2, -0.15) is 0 Å². The number of likely N-dealkylation sites (N-methyl/N-ethyl adjacent to an activating group) is 1. The Balaban J connectivity index is 1.91. The zero-order chi connectivity index (χ0) is 15.3. The molecule has 1 aliphatic rings. The van der Waals surface area contributed by atoms with Crippen LogP contribution in [0.2, 0.25) is 0 Å². The second-order valence-electron chi connectivity index (χ2n) is 7.18. The van der Waals surface area contributed by atoms with E-state index in [9.17, 15) is 0 Å². The van der Waals surface area contributed by atoms with E-state index in [0.29, 0.717) is 6.04 Å². The Bertz CT molecular complexity index is 415. The number of nitrogens with zero attached hydrogens (tertiary/aromatic N) is 1. The molecule has 2 rings (SSSR count). The van der Waals surface area contributed by atoms with Crippen molar-refractivity contribution in [2.75, 3.05) is 14.1 Å². The Morgan fingerprint density at radius 1 is 1.29 bits per heavy atom. The fraction of sp³-hybridized carbons (Fsp3) is 0.684. The van der Waals surface area contributed by atoms with Crippen LogP contribution in [0.25, 0.3) is 0 Å². The van der Waals surface area contributed by atoms with Crippen molar-refractivity contribution in [3.05, 3.63) is 35.9 Å². The van der Waals surface area contributed by atoms with Gasteiger partial charge >= 0.3 is 0 Å². The van der Waals surface area contributed by atoms with Crippen LogP contribution < -0.4 is 5.73 Å². The molecule has 1 aromatic rings. The van der Waals surface area contributed by atoms with Gasteiger partial charge in [-0.25, -0.2) is 0 Å². The van der Waals surface area contributed by atoms with Crippen molar-refractivity contribution in [3.8, 4) is 0 Å². The third kappa shape index (κ3) is 4.08. The van der Waals surface area contributed by atoms with Crippen LogP contribution in [0.15, 0.2) is 30.3 Å². The fourth-order valence-corrected chi connectivity index (χ4v) is 4.08. The molecule has 2 nitrogen and oxygen atoms in total. The number of hydrogen-bond acceptors (Lipinski definition) is 2. The summed E-state index contributed by atoms with van der Waals surface area (Å²) in [5.41, 5.74) is 8.32. The van der Waals surface area contributed by atoms with Crippen LogP contribution in [-0.2, 0) is 6.42 Å². The summed E-state index contributed by atoms with van der Waals surface area (Å²) in [5, 5.41) is 0. The van der Waals surface area contributed by atoms with E-state index in [1.54, 1.807) is 0 Å². The summed E-state index contributed by atoms with van der Waals surface area (Å²) in [4.78, 5) is 2.41. The normalized spacial score (nSPS) is 27.8. The number of nitrogens with two attached hydrogens (primary N) is 1. The Morgan fingerprint density at radius 2 is 2.00 bits per heavy atom. The van der Waals surface area contributed by atoms with Crippen LogP contribution in [0.3, 0.4) is 0 Å². The molecule has 0 spiro atoms. The van der Waals surface area contributed by atoms with Gasteiger partial charge in [0.15, 0.2) is 0 Å². The summed E-state index contributed by atoms with van der Waals surface area (Å²) in [6.45, 7) is 2.38. The van der Waals surface area contributed by atoms with Crippen LogP contribution >= 0.6 is 0 Å². The highest BCUT2D eigenvalue weighted by Crippen LogP contribution is 2.38. The van der Waals surface area contributed by atoms with E-state index in [1.165, 1.54) is 37.7 Å². The Hall–Kier alpha value is -0.860. The van der Waals surface area contributed by atoms with E-state index in [4.69, 9.17) is 5.73 Å². The lowest BCUT2D eigenvalue weighted by Gasteiger charge is -2.49. The quantitative estimate of drug-likeness (QED) is 0.861. The van der Waals surface area contributed by atoms with Crippen LogP contribution in [-0.4, -0.2) is 30.6 Å². The topological polar surface area (TPSA) is 29.3 Å². The van der Waals surface area contributed by atoms with E-state index in [1.807, 2.05) is 0 Å². The van der Waals surface area contributed by atoms with Gasteiger partial charge in [0.1, 0.15) is 0 Å². The molecule has 118 valence electrons. The molecule has 1 fully saturated rings. The number of aryl methyl sites for hydroxylation is 1. The van der Waals surface area contributed by atoms with Gasteiger partial charge in [0.2, 0.25) is 0 Å². The first kappa shape index (κ1) is 16.5. The van der Waals surface area contributed by atoms with Crippen molar-refractivity contribution in [2.24, 2.45) is 11.7 Å². The van der Waals surface area contributed by atoms with E-state index in [2.05, 4.69) is 56.3 Å². The average Bonchev–Trinajstić information content (AvgIpc) is 2.48. The van der Waals surface area contributed by atoms with Gasteiger partial charge in [0.05, 0.1) is 0 Å². The van der Waals surface area contributed by atoms with Gasteiger partial charge in [-0.05, 0) is 57.7 Å². The van der Waals surface area contributed by atoms with Crippen molar-refractivity contribution in [1.82, 2.24) is 4.90 Å². The molecule has 0 saturated heterocycles. The van der Waals surface area contributed by atoms with Gasteiger partial charge in [-0.15, -0.1) is 0 Å². The maximum atomic E-state index is 6.67. The molecule has 21 heavy (non-hydrogen) atoms. The highest BCUT2D eigenvalue weighted by Gasteiger charge is 2.41. The van der Waals surface area contributed by atoms with E-state index in [0.717, 1.165) is 18.8 Å². The average molecular weight is 288 g/mol. The van der Waals surface area contributed by atoms with Crippen molar-refractivity contribution in [1.29, 1.82) is 0 Å². The van der Waals surface area contributed by atoms with E-state index in [-0.39, 0.29) is 5.54 Å². The van der Waals surface area contributed by atoms with Crippen molar-refractivity contribution in [2.45, 2.75) is 63.5 Å². The molecule has 1 aliphatic carbocycles. The minimum absolute atomic E-state index is 0.217. The molecule has 0 aromatic heterocycles. The predicted molar refractivity (Wildman–Crippen MR) is 91.4 cm³/mol. The van der Waals surface area contributed by atoms with E-state index >= 15 is 0 Å². The van der Waals surface area contributed by atoms with Crippen LogP contribution in [0, 0.1) is 5.92 Å². The largest absolute Gasteiger partial charge is 0.326 e. The first-order valence-corrected chi connectivity index (χ1v) is 8.51. The standard InChI is InChI=1S/C19H32N2/c1-16-9-8-14-19(15-16,21(2)3)18(20)13-7-12-17-10-5-4-6-11-17/h4-6,10-11,16,18H,7-9,12-15,20H2,1-3H3. The zero-order valence-corrected chi connectivity index (χ0v) is 14.0. The van der Waals surface area contributed by atoms with Crippen molar-refractivity contribution >= 4 is 0 Å². The van der Waals surface area contributed by atoms with Crippen LogP contribution in [0.1, 0.15) is 51.0 Å². The summed E-state index contributed by atoms with van der Waals surface area (Å²) < 4.78 is 0. The van der Waals surface area contributed by atoms with Crippen LogP contribution in [0.5, 0.6) is 0 Å². The summed E-state index contributed by atoms with van der Waals surface area (Å²) in [6.07, 6.45) is 8.67. The Morgan fingerprint density at radius 3 is 2.62 bits per heavy atom. The molecular formula is C19H32N2. The first-order valence-electron chi connectivity index (χ1n) is 8.51. The van der Waals surface area contributed by atoms with Gasteiger partial charge in [0.25, 0.3) is 0 Å². The van der Waals surface area contributed by atoms with Gasteiger partial charge in [-0.3, -0.25) is 0 Å². The fourth-order valence-electron chi connectivity index (χ4n) is 4.08. The van der Waals surface area contributed by atoms with Crippen molar-refractivity contribution < 1.29 is 0 Å². The van der Waals surface area contributed by atoms with E-state index < -0.39 is 0 Å². The van der Waals surface area contributed by atoms with Gasteiger partial charge in [0, 0.05) is 11.6 Å². The lowest BCUT2D eigenvalue weighted by molar-refractivity contribution is 0.0470. The maximum Gasteiger partial charge on any atom is 0.0356 e. The molecule has 0 aliphatic heterocycles. The maximum absolute atomic E-state index is 6.67. The lowest BCUT2D eigenvalue weighted by Crippen LogP contribution is -2.59. The highest BCUT2D eigenvalue weighted by atomic mass is 15.2. The molecular weight excluding hydrogens is 256 g/mol. The summed E-state index contributed by atoms with van der Waals surface area (Å²) in [6, 6.07) is 11.1. The second kappa shape index (κ2) is 7.42. The predicted octanol–water partition coefficient (Wildman–Crippen LogP) is 3.85. The third-order valence-electron chi connectivity index (χ3n) is 5.41. The molecule has 0 heterocycles. The number of benzene rings is 1. The van der Waals surface area contributed by atoms with Crippen LogP contribution in [0.4, 0.5) is 0 Å². The van der Waals surface area contributed by atoms with Gasteiger partial charge in [-0.1, -0.05) is 50.1 Å². The monoisotopic (exact) mass is 288 g/mol. The van der Waals surface area contributed by atoms with Crippen molar-refractivity contribution in [3.63, 3.8) is 0 Å². The first-order chi connectivity index (χ1) is 10.0. The smallest absolute Gasteiger partial charge is 0.0356 e. The molecule has 1 saturated carbocycles. The molecule has 0 bridgehead atoms. The molecule has 1 aromatic carbocycles. The third-order valence-corrected chi connectivity index (χ3v) is 5.41. The Kier molecular flexibility index (Phi) is 5.83. The number of rotatable bonds is 6. The SMILES string of the molecule is CC1CCCC(C(N)CCCc2ccccc2)(N(C)C)C1. The number of hydrogen-bond donors (Lipinski definition) is 1. The summed E-state index contributed by atoms with van der Waals surface area (Å²) in [5.74, 6) is 0.807. The van der Waals surface area contributed by atoms with Gasteiger partial charge < -0.3 is 10.6 Å². The second-order valence-corrected chi connectivity index (χ2v) is 7.18. The molecule has 0 amide bonds. The molecule has 0 radical (unpaired) electrons. The minimum Gasteiger partial charge on any atom is -0.326 e. The Labute approximate surface area is 130 Å². The minimum atomic E-state index is 0.217. The highest BCUT2D eigenvalue weighted by molar-refractivity contribution is 5.14. The summed E-state index contributed by atoms with van der Waals surface area (Å²) >= 11 is 0. The molecule has 3 atom stereocenters. The molecule has 2 heteroatoms. The zero-order valence-electron chi connectivity index (χ0n) is 14.0. The molecule has 2 N–H and O–H groups in total. The lowest BCUT2D eigenvalue weighted by atomic mass is 9.70. The molecule has 3 unspecified atom stereocenters. The summed E-state index contributed by atoms with van der Waals surface area (Å²) in [7, 11) is 4.43.